The molecule has 0 amide bonds. The van der Waals surface area contributed by atoms with E-state index in [-0.39, 0.29) is 12.5 Å². The van der Waals surface area contributed by atoms with Gasteiger partial charge in [-0.15, -0.1) is 0 Å². The standard InChI is InChI=1S/C9H18F3NO2/c1-7(2)8(14)5-13-3-4-15-6-9(10,11)12/h7-8,13-14H,3-6H2,1-2H3. The highest BCUT2D eigenvalue weighted by Gasteiger charge is 2.27. The molecule has 3 nitrogen and oxygen atoms in total. The summed E-state index contributed by atoms with van der Waals surface area (Å²) in [6.45, 7) is 3.18. The van der Waals surface area contributed by atoms with Crippen LogP contribution in [0.2, 0.25) is 0 Å². The number of ether oxygens (including phenoxy) is 1. The van der Waals surface area contributed by atoms with Gasteiger partial charge in [0, 0.05) is 13.1 Å². The van der Waals surface area contributed by atoms with Crippen molar-refractivity contribution in [3.05, 3.63) is 0 Å². The quantitative estimate of drug-likeness (QED) is 0.644. The maximum atomic E-state index is 11.6. The molecule has 0 heterocycles. The van der Waals surface area contributed by atoms with Crippen LogP contribution in [0, 0.1) is 5.92 Å². The first-order valence-corrected chi connectivity index (χ1v) is 4.86. The highest BCUT2D eigenvalue weighted by Crippen LogP contribution is 2.13. The number of halogens is 3. The van der Waals surface area contributed by atoms with Crippen molar-refractivity contribution >= 4 is 0 Å². The zero-order valence-electron chi connectivity index (χ0n) is 8.97. The van der Waals surface area contributed by atoms with Crippen molar-refractivity contribution in [1.82, 2.24) is 5.32 Å². The molecule has 0 aromatic carbocycles. The molecule has 0 aromatic rings. The molecule has 0 aliphatic rings. The summed E-state index contributed by atoms with van der Waals surface area (Å²) in [4.78, 5) is 0. The summed E-state index contributed by atoms with van der Waals surface area (Å²) < 4.78 is 39.2. The fraction of sp³-hybridized carbons (Fsp3) is 1.00. The average Bonchev–Trinajstić information content (AvgIpc) is 2.08. The zero-order valence-corrected chi connectivity index (χ0v) is 8.97. The molecule has 0 rings (SSSR count). The van der Waals surface area contributed by atoms with Crippen LogP contribution in [0.1, 0.15) is 13.8 Å². The summed E-state index contributed by atoms with van der Waals surface area (Å²) in [6, 6.07) is 0. The largest absolute Gasteiger partial charge is 0.411 e. The molecule has 0 bridgehead atoms. The van der Waals surface area contributed by atoms with Crippen molar-refractivity contribution < 1.29 is 23.0 Å². The summed E-state index contributed by atoms with van der Waals surface area (Å²) >= 11 is 0. The molecule has 15 heavy (non-hydrogen) atoms. The van der Waals surface area contributed by atoms with Crippen LogP contribution >= 0.6 is 0 Å². The molecule has 0 aliphatic heterocycles. The van der Waals surface area contributed by atoms with Gasteiger partial charge in [0.25, 0.3) is 0 Å². The highest BCUT2D eigenvalue weighted by molar-refractivity contribution is 4.62. The first-order valence-electron chi connectivity index (χ1n) is 4.86. The number of alkyl halides is 3. The van der Waals surface area contributed by atoms with E-state index in [0.29, 0.717) is 13.1 Å². The predicted octanol–water partition coefficient (Wildman–Crippen LogP) is 1.17. The molecule has 0 aromatic heterocycles. The molecule has 0 saturated heterocycles. The van der Waals surface area contributed by atoms with E-state index in [4.69, 9.17) is 0 Å². The third-order valence-electron chi connectivity index (χ3n) is 1.81. The van der Waals surface area contributed by atoms with Gasteiger partial charge in [-0.05, 0) is 5.92 Å². The van der Waals surface area contributed by atoms with Crippen molar-refractivity contribution in [2.24, 2.45) is 5.92 Å². The van der Waals surface area contributed by atoms with Crippen molar-refractivity contribution in [2.45, 2.75) is 26.1 Å². The van der Waals surface area contributed by atoms with Gasteiger partial charge in [0.1, 0.15) is 6.61 Å². The maximum absolute atomic E-state index is 11.6. The molecule has 0 spiro atoms. The maximum Gasteiger partial charge on any atom is 0.411 e. The van der Waals surface area contributed by atoms with Gasteiger partial charge in [0.15, 0.2) is 0 Å². The van der Waals surface area contributed by atoms with Gasteiger partial charge in [-0.1, -0.05) is 13.8 Å². The Bertz CT molecular complexity index is 162. The van der Waals surface area contributed by atoms with Crippen molar-refractivity contribution in [3.8, 4) is 0 Å². The molecular formula is C9H18F3NO2. The lowest BCUT2D eigenvalue weighted by Gasteiger charge is -2.15. The molecule has 92 valence electrons. The van der Waals surface area contributed by atoms with Gasteiger partial charge in [0.05, 0.1) is 12.7 Å². The molecule has 0 radical (unpaired) electrons. The first kappa shape index (κ1) is 14.7. The Hall–Kier alpha value is -0.330. The molecule has 2 N–H and O–H groups in total. The van der Waals surface area contributed by atoms with Crippen molar-refractivity contribution in [2.75, 3.05) is 26.3 Å². The Morgan fingerprint density at radius 3 is 2.40 bits per heavy atom. The predicted molar refractivity (Wildman–Crippen MR) is 50.6 cm³/mol. The zero-order chi connectivity index (χ0) is 11.9. The van der Waals surface area contributed by atoms with Crippen LogP contribution in [0.15, 0.2) is 0 Å². The smallest absolute Gasteiger partial charge is 0.392 e. The second kappa shape index (κ2) is 7.03. The first-order chi connectivity index (χ1) is 6.83. The lowest BCUT2D eigenvalue weighted by molar-refractivity contribution is -0.173. The number of hydrogen-bond donors (Lipinski definition) is 2. The third-order valence-corrected chi connectivity index (χ3v) is 1.81. The van der Waals surface area contributed by atoms with Crippen LogP contribution in [-0.2, 0) is 4.74 Å². The Kier molecular flexibility index (Phi) is 6.87. The summed E-state index contributed by atoms with van der Waals surface area (Å²) in [7, 11) is 0. The summed E-state index contributed by atoms with van der Waals surface area (Å²) in [5.41, 5.74) is 0. The van der Waals surface area contributed by atoms with E-state index in [0.717, 1.165) is 0 Å². The number of aliphatic hydroxyl groups is 1. The van der Waals surface area contributed by atoms with Crippen LogP contribution in [0.5, 0.6) is 0 Å². The minimum Gasteiger partial charge on any atom is -0.392 e. The van der Waals surface area contributed by atoms with E-state index in [9.17, 15) is 18.3 Å². The average molecular weight is 229 g/mol. The topological polar surface area (TPSA) is 41.5 Å². The van der Waals surface area contributed by atoms with E-state index in [1.165, 1.54) is 0 Å². The molecule has 1 unspecified atom stereocenters. The van der Waals surface area contributed by atoms with Gasteiger partial charge in [-0.25, -0.2) is 0 Å². The lowest BCUT2D eigenvalue weighted by atomic mass is 10.1. The monoisotopic (exact) mass is 229 g/mol. The highest BCUT2D eigenvalue weighted by atomic mass is 19.4. The van der Waals surface area contributed by atoms with E-state index in [2.05, 4.69) is 10.1 Å². The van der Waals surface area contributed by atoms with Crippen LogP contribution in [0.25, 0.3) is 0 Å². The minimum absolute atomic E-state index is 0.00960. The van der Waals surface area contributed by atoms with Crippen LogP contribution in [-0.4, -0.2) is 43.7 Å². The molecular weight excluding hydrogens is 211 g/mol. The second-order valence-corrected chi connectivity index (χ2v) is 3.68. The Morgan fingerprint density at radius 2 is 1.93 bits per heavy atom. The summed E-state index contributed by atoms with van der Waals surface area (Å²) in [6.07, 6.45) is -4.75. The Morgan fingerprint density at radius 1 is 1.33 bits per heavy atom. The van der Waals surface area contributed by atoms with E-state index >= 15 is 0 Å². The molecule has 0 fully saturated rings. The Balaban J connectivity index is 3.26. The summed E-state index contributed by atoms with van der Waals surface area (Å²) in [5.74, 6) is 0.133. The number of nitrogens with one attached hydrogen (secondary N) is 1. The fourth-order valence-electron chi connectivity index (χ4n) is 0.818. The van der Waals surface area contributed by atoms with Crippen LogP contribution in [0.4, 0.5) is 13.2 Å². The fourth-order valence-corrected chi connectivity index (χ4v) is 0.818. The number of aliphatic hydroxyl groups excluding tert-OH is 1. The lowest BCUT2D eigenvalue weighted by Crippen LogP contribution is -2.33. The van der Waals surface area contributed by atoms with Crippen LogP contribution in [0.3, 0.4) is 0 Å². The number of hydrogen-bond acceptors (Lipinski definition) is 3. The summed E-state index contributed by atoms with van der Waals surface area (Å²) in [5, 5.41) is 12.1. The molecule has 0 saturated carbocycles. The Labute approximate surface area is 87.6 Å². The van der Waals surface area contributed by atoms with Gasteiger partial charge in [-0.3, -0.25) is 0 Å². The van der Waals surface area contributed by atoms with Gasteiger partial charge < -0.3 is 15.2 Å². The van der Waals surface area contributed by atoms with E-state index in [1.54, 1.807) is 0 Å². The molecule has 1 atom stereocenters. The van der Waals surface area contributed by atoms with Crippen LogP contribution < -0.4 is 5.32 Å². The molecule has 6 heteroatoms. The van der Waals surface area contributed by atoms with E-state index in [1.807, 2.05) is 13.8 Å². The normalized spacial score (nSPS) is 14.6. The molecule has 0 aliphatic carbocycles. The SMILES string of the molecule is CC(C)C(O)CNCCOCC(F)(F)F. The van der Waals surface area contributed by atoms with Gasteiger partial charge in [0.2, 0.25) is 0 Å². The van der Waals surface area contributed by atoms with Crippen molar-refractivity contribution in [1.29, 1.82) is 0 Å². The van der Waals surface area contributed by atoms with E-state index < -0.39 is 18.9 Å². The van der Waals surface area contributed by atoms with Gasteiger partial charge >= 0.3 is 6.18 Å². The van der Waals surface area contributed by atoms with Crippen molar-refractivity contribution in [3.63, 3.8) is 0 Å². The third kappa shape index (κ3) is 9.96. The van der Waals surface area contributed by atoms with Gasteiger partial charge in [-0.2, -0.15) is 13.2 Å². The second-order valence-electron chi connectivity index (χ2n) is 3.68. The number of rotatable bonds is 7. The minimum atomic E-state index is -4.27.